The van der Waals surface area contributed by atoms with Crippen molar-refractivity contribution in [1.82, 2.24) is 20.1 Å². The first-order chi connectivity index (χ1) is 12.7. The van der Waals surface area contributed by atoms with Crippen molar-refractivity contribution in [1.29, 1.82) is 0 Å². The second-order valence-corrected chi connectivity index (χ2v) is 6.01. The molecule has 0 spiro atoms. The molecule has 0 aliphatic rings. The lowest BCUT2D eigenvalue weighted by Crippen LogP contribution is -2.31. The van der Waals surface area contributed by atoms with E-state index in [1.807, 2.05) is 55.5 Å². The molecule has 6 heteroatoms. The fourth-order valence-electron chi connectivity index (χ4n) is 2.59. The van der Waals surface area contributed by atoms with E-state index in [2.05, 4.69) is 22.3 Å². The zero-order valence-corrected chi connectivity index (χ0v) is 14.9. The molecule has 1 unspecified atom stereocenters. The Morgan fingerprint density at radius 3 is 2.50 bits per heavy atom. The molecule has 0 fully saturated rings. The van der Waals surface area contributed by atoms with Crippen molar-refractivity contribution in [2.24, 2.45) is 0 Å². The van der Waals surface area contributed by atoms with E-state index >= 15 is 0 Å². The quantitative estimate of drug-likeness (QED) is 0.711. The van der Waals surface area contributed by atoms with Crippen molar-refractivity contribution < 1.29 is 9.53 Å². The van der Waals surface area contributed by atoms with E-state index in [0.29, 0.717) is 5.75 Å². The summed E-state index contributed by atoms with van der Waals surface area (Å²) in [6.45, 7) is 4.04. The van der Waals surface area contributed by atoms with Gasteiger partial charge in [0.1, 0.15) is 18.4 Å². The Labute approximate surface area is 152 Å². The number of aryl methyl sites for hydroxylation is 1. The van der Waals surface area contributed by atoms with E-state index in [0.717, 1.165) is 17.7 Å². The highest BCUT2D eigenvalue weighted by molar-refractivity contribution is 5.78. The third-order valence-electron chi connectivity index (χ3n) is 4.16. The van der Waals surface area contributed by atoms with Crippen LogP contribution in [0.25, 0.3) is 5.69 Å². The molecule has 0 aliphatic carbocycles. The summed E-state index contributed by atoms with van der Waals surface area (Å²) in [7, 11) is 0. The summed E-state index contributed by atoms with van der Waals surface area (Å²) in [5.41, 5.74) is 3.17. The van der Waals surface area contributed by atoms with Crippen molar-refractivity contribution in [3.8, 4) is 11.4 Å². The molecule has 0 radical (unpaired) electrons. The number of rotatable bonds is 7. The number of carbonyl (C=O) groups is 1. The first-order valence-electron chi connectivity index (χ1n) is 8.61. The topological polar surface area (TPSA) is 69.0 Å². The van der Waals surface area contributed by atoms with Crippen molar-refractivity contribution in [2.75, 3.05) is 6.61 Å². The zero-order valence-electron chi connectivity index (χ0n) is 14.9. The molecule has 26 heavy (non-hydrogen) atoms. The minimum absolute atomic E-state index is 0.00709. The third-order valence-corrected chi connectivity index (χ3v) is 4.16. The molecule has 1 heterocycles. The molecular formula is C20H22N4O2. The highest BCUT2D eigenvalue weighted by Crippen LogP contribution is 2.16. The monoisotopic (exact) mass is 350 g/mol. The van der Waals surface area contributed by atoms with Crippen LogP contribution in [0.1, 0.15) is 31.0 Å². The van der Waals surface area contributed by atoms with Gasteiger partial charge in [0.25, 0.3) is 5.91 Å². The van der Waals surface area contributed by atoms with Gasteiger partial charge in [-0.25, -0.2) is 9.67 Å². The highest BCUT2D eigenvalue weighted by Gasteiger charge is 2.10. The largest absolute Gasteiger partial charge is 0.484 e. The zero-order chi connectivity index (χ0) is 18.4. The van der Waals surface area contributed by atoms with Gasteiger partial charge in [0, 0.05) is 0 Å². The van der Waals surface area contributed by atoms with E-state index in [9.17, 15) is 4.79 Å². The number of nitrogens with one attached hydrogen (secondary N) is 1. The van der Waals surface area contributed by atoms with E-state index in [1.165, 1.54) is 11.9 Å². The van der Waals surface area contributed by atoms with Crippen LogP contribution in [0.4, 0.5) is 0 Å². The Hall–Kier alpha value is -3.15. The van der Waals surface area contributed by atoms with Crippen molar-refractivity contribution >= 4 is 5.91 Å². The summed E-state index contributed by atoms with van der Waals surface area (Å²) in [4.78, 5) is 16.0. The Morgan fingerprint density at radius 2 is 1.88 bits per heavy atom. The van der Waals surface area contributed by atoms with Crippen molar-refractivity contribution in [3.63, 3.8) is 0 Å². The summed E-state index contributed by atoms with van der Waals surface area (Å²) in [5.74, 6) is 0.541. The van der Waals surface area contributed by atoms with Gasteiger partial charge >= 0.3 is 0 Å². The molecule has 134 valence electrons. The fraction of sp³-hybridized carbons (Fsp3) is 0.250. The van der Waals surface area contributed by atoms with Crippen LogP contribution in [-0.2, 0) is 11.2 Å². The SMILES string of the molecule is CCc1ccc(OCC(=O)NC(C)c2ccc(-n3cncn3)cc2)cc1. The molecular weight excluding hydrogens is 328 g/mol. The fourth-order valence-corrected chi connectivity index (χ4v) is 2.59. The summed E-state index contributed by atoms with van der Waals surface area (Å²) in [6.07, 6.45) is 4.12. The number of aromatic nitrogens is 3. The van der Waals surface area contributed by atoms with Crippen LogP contribution in [-0.4, -0.2) is 27.3 Å². The summed E-state index contributed by atoms with van der Waals surface area (Å²) in [5, 5.41) is 7.04. The number of ether oxygens (including phenoxy) is 1. The van der Waals surface area contributed by atoms with E-state index in [4.69, 9.17) is 4.74 Å². The van der Waals surface area contributed by atoms with Crippen LogP contribution in [0.5, 0.6) is 5.75 Å². The summed E-state index contributed by atoms with van der Waals surface area (Å²) >= 11 is 0. The van der Waals surface area contributed by atoms with Crippen LogP contribution in [0.15, 0.2) is 61.2 Å². The van der Waals surface area contributed by atoms with Crippen LogP contribution >= 0.6 is 0 Å². The second kappa shape index (κ2) is 8.29. The van der Waals surface area contributed by atoms with Gasteiger partial charge in [0.05, 0.1) is 11.7 Å². The van der Waals surface area contributed by atoms with Crippen LogP contribution in [0, 0.1) is 0 Å². The number of carbonyl (C=O) groups excluding carboxylic acids is 1. The van der Waals surface area contributed by atoms with Crippen LogP contribution in [0.2, 0.25) is 0 Å². The summed E-state index contributed by atoms with van der Waals surface area (Å²) in [6, 6.07) is 15.5. The van der Waals surface area contributed by atoms with Crippen LogP contribution < -0.4 is 10.1 Å². The lowest BCUT2D eigenvalue weighted by molar-refractivity contribution is -0.123. The predicted octanol–water partition coefficient (Wildman–Crippen LogP) is 3.09. The molecule has 6 nitrogen and oxygen atoms in total. The molecule has 1 amide bonds. The van der Waals surface area contributed by atoms with Gasteiger partial charge in [0.2, 0.25) is 0 Å². The number of benzene rings is 2. The van der Waals surface area contributed by atoms with Gasteiger partial charge in [-0.1, -0.05) is 31.2 Å². The first-order valence-corrected chi connectivity index (χ1v) is 8.61. The van der Waals surface area contributed by atoms with Gasteiger partial charge in [-0.2, -0.15) is 5.10 Å². The minimum atomic E-state index is -0.155. The van der Waals surface area contributed by atoms with Crippen molar-refractivity contribution in [3.05, 3.63) is 72.3 Å². The number of hydrogen-bond donors (Lipinski definition) is 1. The smallest absolute Gasteiger partial charge is 0.258 e. The van der Waals surface area contributed by atoms with Gasteiger partial charge in [-0.05, 0) is 48.7 Å². The normalized spacial score (nSPS) is 11.8. The Bertz CT molecular complexity index is 827. The van der Waals surface area contributed by atoms with Gasteiger partial charge < -0.3 is 10.1 Å². The Kier molecular flexibility index (Phi) is 5.63. The molecule has 0 bridgehead atoms. The third kappa shape index (κ3) is 4.47. The van der Waals surface area contributed by atoms with Crippen molar-refractivity contribution in [2.45, 2.75) is 26.3 Å². The molecule has 0 saturated heterocycles. The standard InChI is InChI=1S/C20H22N4O2/c1-3-16-4-10-19(11-5-16)26-12-20(25)23-15(2)17-6-8-18(9-7-17)24-14-21-13-22-24/h4-11,13-15H,3,12H2,1-2H3,(H,23,25). The highest BCUT2D eigenvalue weighted by atomic mass is 16.5. The first kappa shape index (κ1) is 17.7. The minimum Gasteiger partial charge on any atom is -0.484 e. The number of amides is 1. The molecule has 1 atom stereocenters. The predicted molar refractivity (Wildman–Crippen MR) is 99.2 cm³/mol. The summed E-state index contributed by atoms with van der Waals surface area (Å²) < 4.78 is 7.23. The van der Waals surface area contributed by atoms with Gasteiger partial charge in [0.15, 0.2) is 6.61 Å². The Morgan fingerprint density at radius 1 is 1.15 bits per heavy atom. The average molecular weight is 350 g/mol. The molecule has 1 N–H and O–H groups in total. The van der Waals surface area contributed by atoms with E-state index in [-0.39, 0.29) is 18.6 Å². The van der Waals surface area contributed by atoms with E-state index < -0.39 is 0 Å². The molecule has 1 aromatic heterocycles. The Balaban J connectivity index is 1.51. The molecule has 3 rings (SSSR count). The number of hydrogen-bond acceptors (Lipinski definition) is 4. The molecule has 2 aromatic carbocycles. The molecule has 0 aliphatic heterocycles. The maximum absolute atomic E-state index is 12.1. The lowest BCUT2D eigenvalue weighted by Gasteiger charge is -2.15. The molecule has 0 saturated carbocycles. The maximum Gasteiger partial charge on any atom is 0.258 e. The molecule has 3 aromatic rings. The van der Waals surface area contributed by atoms with Gasteiger partial charge in [-0.15, -0.1) is 0 Å². The van der Waals surface area contributed by atoms with Crippen LogP contribution in [0.3, 0.4) is 0 Å². The maximum atomic E-state index is 12.1. The average Bonchev–Trinajstić information content (AvgIpc) is 3.21. The second-order valence-electron chi connectivity index (χ2n) is 6.01. The number of nitrogens with zero attached hydrogens (tertiary/aromatic N) is 3. The lowest BCUT2D eigenvalue weighted by atomic mass is 10.1. The van der Waals surface area contributed by atoms with E-state index in [1.54, 1.807) is 11.0 Å². The van der Waals surface area contributed by atoms with Gasteiger partial charge in [-0.3, -0.25) is 4.79 Å².